The van der Waals surface area contributed by atoms with Crippen molar-refractivity contribution in [2.45, 2.75) is 26.7 Å². The van der Waals surface area contributed by atoms with Gasteiger partial charge in [-0.2, -0.15) is 0 Å². The lowest BCUT2D eigenvalue weighted by Gasteiger charge is -2.06. The molecule has 4 heteroatoms. The number of hydrogen-bond acceptors (Lipinski definition) is 3. The van der Waals surface area contributed by atoms with E-state index in [1.165, 1.54) is 0 Å². The summed E-state index contributed by atoms with van der Waals surface area (Å²) in [6.07, 6.45) is 1.61. The second kappa shape index (κ2) is 3.51. The van der Waals surface area contributed by atoms with Crippen molar-refractivity contribution < 1.29 is 4.92 Å². The number of aryl methyl sites for hydroxylation is 1. The molecule has 70 valence electrons. The van der Waals surface area contributed by atoms with E-state index >= 15 is 0 Å². The van der Waals surface area contributed by atoms with Crippen LogP contribution < -0.4 is 0 Å². The summed E-state index contributed by atoms with van der Waals surface area (Å²) in [4.78, 5) is 14.4. The third-order valence-electron chi connectivity index (χ3n) is 1.88. The molecule has 4 nitrogen and oxygen atoms in total. The Morgan fingerprint density at radius 3 is 2.54 bits per heavy atom. The fourth-order valence-electron chi connectivity index (χ4n) is 1.23. The number of nitrogens with zero attached hydrogens (tertiary/aromatic N) is 2. The molecule has 0 aliphatic carbocycles. The zero-order valence-corrected chi connectivity index (χ0v) is 7.94. The van der Waals surface area contributed by atoms with Crippen molar-refractivity contribution in [2.75, 3.05) is 0 Å². The van der Waals surface area contributed by atoms with Gasteiger partial charge in [0.1, 0.15) is 5.69 Å². The van der Waals surface area contributed by atoms with Crippen molar-refractivity contribution in [3.8, 4) is 0 Å². The Hall–Kier alpha value is -1.45. The van der Waals surface area contributed by atoms with Gasteiger partial charge >= 0.3 is 0 Å². The molecular formula is C9H12N2O2. The lowest BCUT2D eigenvalue weighted by molar-refractivity contribution is -0.386. The maximum absolute atomic E-state index is 10.7. The van der Waals surface area contributed by atoms with Crippen LogP contribution in [0.2, 0.25) is 0 Å². The predicted octanol–water partition coefficient (Wildman–Crippen LogP) is 2.42. The first kappa shape index (κ1) is 9.64. The smallest absolute Gasteiger partial charge is 0.258 e. The summed E-state index contributed by atoms with van der Waals surface area (Å²) in [5.74, 6) is 0.0836. The first-order chi connectivity index (χ1) is 6.04. The van der Waals surface area contributed by atoms with Crippen molar-refractivity contribution in [2.24, 2.45) is 0 Å². The van der Waals surface area contributed by atoms with Gasteiger partial charge in [0.15, 0.2) is 0 Å². The van der Waals surface area contributed by atoms with Gasteiger partial charge < -0.3 is 0 Å². The number of nitro groups is 1. The molecule has 0 spiro atoms. The third-order valence-corrected chi connectivity index (χ3v) is 1.88. The predicted molar refractivity (Wildman–Crippen MR) is 49.7 cm³/mol. The minimum absolute atomic E-state index is 0.0836. The minimum atomic E-state index is -0.363. The van der Waals surface area contributed by atoms with Gasteiger partial charge in [-0.25, -0.2) is 0 Å². The average Bonchev–Trinajstić information content (AvgIpc) is 2.02. The molecule has 0 N–H and O–H groups in total. The molecule has 1 heterocycles. The highest BCUT2D eigenvalue weighted by atomic mass is 16.6. The molecule has 0 saturated carbocycles. The van der Waals surface area contributed by atoms with E-state index in [9.17, 15) is 10.1 Å². The Morgan fingerprint density at radius 2 is 2.15 bits per heavy atom. The minimum Gasteiger partial charge on any atom is -0.258 e. The van der Waals surface area contributed by atoms with Crippen LogP contribution >= 0.6 is 0 Å². The van der Waals surface area contributed by atoms with Gasteiger partial charge in [0, 0.05) is 17.7 Å². The van der Waals surface area contributed by atoms with E-state index in [1.807, 2.05) is 13.8 Å². The fraction of sp³-hybridized carbons (Fsp3) is 0.444. The number of pyridine rings is 1. The molecule has 0 atom stereocenters. The first-order valence-electron chi connectivity index (χ1n) is 4.14. The van der Waals surface area contributed by atoms with E-state index < -0.39 is 0 Å². The summed E-state index contributed by atoms with van der Waals surface area (Å²) < 4.78 is 0. The highest BCUT2D eigenvalue weighted by Gasteiger charge is 2.19. The standard InChI is InChI=1S/C9H12N2O2/c1-6(2)8-9(11(12)13)7(3)4-5-10-8/h4-6H,1-3H3. The Morgan fingerprint density at radius 1 is 1.54 bits per heavy atom. The van der Waals surface area contributed by atoms with Crippen molar-refractivity contribution in [3.05, 3.63) is 33.6 Å². The molecule has 0 saturated heterocycles. The zero-order chi connectivity index (χ0) is 10.0. The van der Waals surface area contributed by atoms with Gasteiger partial charge in [-0.05, 0) is 13.0 Å². The summed E-state index contributed by atoms with van der Waals surface area (Å²) >= 11 is 0. The van der Waals surface area contributed by atoms with Crippen molar-refractivity contribution >= 4 is 5.69 Å². The van der Waals surface area contributed by atoms with Gasteiger partial charge in [-0.1, -0.05) is 13.8 Å². The lowest BCUT2D eigenvalue weighted by Crippen LogP contribution is -2.02. The van der Waals surface area contributed by atoms with E-state index in [0.717, 1.165) is 0 Å². The second-order valence-electron chi connectivity index (χ2n) is 3.27. The van der Waals surface area contributed by atoms with Crippen LogP contribution in [0.25, 0.3) is 0 Å². The quantitative estimate of drug-likeness (QED) is 0.518. The maximum Gasteiger partial charge on any atom is 0.293 e. The molecular weight excluding hydrogens is 168 g/mol. The lowest BCUT2D eigenvalue weighted by atomic mass is 10.1. The van der Waals surface area contributed by atoms with Crippen molar-refractivity contribution in [3.63, 3.8) is 0 Å². The van der Waals surface area contributed by atoms with Crippen LogP contribution in [0.1, 0.15) is 31.0 Å². The number of hydrogen-bond donors (Lipinski definition) is 0. The van der Waals surface area contributed by atoms with E-state index in [4.69, 9.17) is 0 Å². The summed E-state index contributed by atoms with van der Waals surface area (Å²) in [7, 11) is 0. The molecule has 1 aromatic heterocycles. The normalized spacial score (nSPS) is 10.5. The highest BCUT2D eigenvalue weighted by Crippen LogP contribution is 2.26. The molecule has 0 aromatic carbocycles. The van der Waals surface area contributed by atoms with Crippen LogP contribution in [-0.4, -0.2) is 9.91 Å². The number of aromatic nitrogens is 1. The fourth-order valence-corrected chi connectivity index (χ4v) is 1.23. The van der Waals surface area contributed by atoms with Crippen LogP contribution in [0.5, 0.6) is 0 Å². The third kappa shape index (κ3) is 1.83. The topological polar surface area (TPSA) is 56.0 Å². The van der Waals surface area contributed by atoms with Crippen LogP contribution in [-0.2, 0) is 0 Å². The first-order valence-corrected chi connectivity index (χ1v) is 4.14. The SMILES string of the molecule is Cc1ccnc(C(C)C)c1[N+](=O)[O-]. The Bertz CT molecular complexity index is 334. The van der Waals surface area contributed by atoms with E-state index in [0.29, 0.717) is 11.3 Å². The molecule has 0 amide bonds. The second-order valence-corrected chi connectivity index (χ2v) is 3.27. The summed E-state index contributed by atoms with van der Waals surface area (Å²) in [5.41, 5.74) is 1.38. The van der Waals surface area contributed by atoms with E-state index in [2.05, 4.69) is 4.98 Å². The largest absolute Gasteiger partial charge is 0.293 e. The molecule has 0 bridgehead atoms. The Kier molecular flexibility index (Phi) is 2.60. The van der Waals surface area contributed by atoms with Gasteiger partial charge in [-0.15, -0.1) is 0 Å². The van der Waals surface area contributed by atoms with Crippen LogP contribution in [0.15, 0.2) is 12.3 Å². The highest BCUT2D eigenvalue weighted by molar-refractivity contribution is 5.44. The molecule has 0 radical (unpaired) electrons. The Balaban J connectivity index is 3.34. The van der Waals surface area contributed by atoms with Crippen molar-refractivity contribution in [1.29, 1.82) is 0 Å². The van der Waals surface area contributed by atoms with Gasteiger partial charge in [0.25, 0.3) is 5.69 Å². The van der Waals surface area contributed by atoms with E-state index in [1.54, 1.807) is 19.2 Å². The monoisotopic (exact) mass is 180 g/mol. The summed E-state index contributed by atoms with van der Waals surface area (Å²) in [6, 6.07) is 1.66. The van der Waals surface area contributed by atoms with Gasteiger partial charge in [0.05, 0.1) is 4.92 Å². The number of rotatable bonds is 2. The summed E-state index contributed by atoms with van der Waals surface area (Å²) in [5, 5.41) is 10.7. The molecule has 0 unspecified atom stereocenters. The Labute approximate surface area is 76.8 Å². The maximum atomic E-state index is 10.7. The van der Waals surface area contributed by atoms with Crippen LogP contribution in [0, 0.1) is 17.0 Å². The molecule has 13 heavy (non-hydrogen) atoms. The molecule has 1 rings (SSSR count). The summed E-state index contributed by atoms with van der Waals surface area (Å²) in [6.45, 7) is 5.52. The van der Waals surface area contributed by atoms with Crippen molar-refractivity contribution in [1.82, 2.24) is 4.98 Å². The van der Waals surface area contributed by atoms with Crippen LogP contribution in [0.3, 0.4) is 0 Å². The molecule has 0 aliphatic rings. The molecule has 0 aliphatic heterocycles. The zero-order valence-electron chi connectivity index (χ0n) is 7.94. The average molecular weight is 180 g/mol. The van der Waals surface area contributed by atoms with E-state index in [-0.39, 0.29) is 16.5 Å². The molecule has 1 aromatic rings. The van der Waals surface area contributed by atoms with Crippen LogP contribution in [0.4, 0.5) is 5.69 Å². The van der Waals surface area contributed by atoms with Gasteiger partial charge in [-0.3, -0.25) is 15.1 Å². The van der Waals surface area contributed by atoms with Gasteiger partial charge in [0.2, 0.25) is 0 Å². The molecule has 0 fully saturated rings.